The third-order valence-corrected chi connectivity index (χ3v) is 7.11. The van der Waals surface area contributed by atoms with Gasteiger partial charge in [0.2, 0.25) is 5.91 Å². The van der Waals surface area contributed by atoms with E-state index in [1.807, 2.05) is 0 Å². The number of ether oxygens (including phenoxy) is 3. The van der Waals surface area contributed by atoms with Crippen LogP contribution >= 0.6 is 11.5 Å². The number of aromatic hydroxyl groups is 1. The number of phenols is 1. The molecule has 1 aliphatic heterocycles. The Balaban J connectivity index is 1.85. The molecule has 2 aromatic carbocycles. The highest BCUT2D eigenvalue weighted by Gasteiger charge is 2.37. The number of nitrogens with one attached hydrogen (secondary N) is 1. The van der Waals surface area contributed by atoms with Crippen LogP contribution in [0.2, 0.25) is 0 Å². The van der Waals surface area contributed by atoms with E-state index in [1.165, 1.54) is 43.4 Å². The summed E-state index contributed by atoms with van der Waals surface area (Å²) >= 11 is 0.699. The van der Waals surface area contributed by atoms with Gasteiger partial charge in [-0.05, 0) is 54.2 Å². The van der Waals surface area contributed by atoms with E-state index in [1.54, 1.807) is 18.2 Å². The average Bonchev–Trinajstić information content (AvgIpc) is 3.60. The lowest BCUT2D eigenvalue weighted by atomic mass is 10.0. The maximum atomic E-state index is 14.1. The van der Waals surface area contributed by atoms with Crippen LogP contribution in [0, 0.1) is 0 Å². The molecule has 13 heteroatoms. The molecule has 12 nitrogen and oxygen atoms in total. The van der Waals surface area contributed by atoms with E-state index in [0.29, 0.717) is 35.2 Å². The van der Waals surface area contributed by atoms with E-state index < -0.39 is 23.8 Å². The van der Waals surface area contributed by atoms with E-state index in [2.05, 4.69) is 9.69 Å². The van der Waals surface area contributed by atoms with Crippen LogP contribution in [-0.2, 0) is 9.53 Å². The van der Waals surface area contributed by atoms with Crippen molar-refractivity contribution in [3.63, 3.8) is 0 Å². The number of carbonyl (C=O) groups excluding carboxylic acids is 3. The molecule has 4 rings (SSSR count). The van der Waals surface area contributed by atoms with Gasteiger partial charge in [0.25, 0.3) is 11.8 Å². The molecule has 3 amide bonds. The predicted molar refractivity (Wildman–Crippen MR) is 144 cm³/mol. The molecule has 0 saturated carbocycles. The standard InChI is InChI=1S/C26H29N5O7S/c1-36-18-10-7-15(12-19(18)37-2)31(26(35)23-20(27)21(24(28)33)30-39-23)22(14-5-8-16(32)9-6-14)25(34)29-13-17-4-3-11-38-17/h5-10,12,17,22,32H,3-4,11,13,27H2,1-2H3,(H2,28,33)(H,29,34). The zero-order chi connectivity index (χ0) is 28.1. The van der Waals surface area contributed by atoms with Crippen LogP contribution in [0.4, 0.5) is 11.4 Å². The normalized spacial score (nSPS) is 15.4. The first-order valence-corrected chi connectivity index (χ1v) is 12.8. The largest absolute Gasteiger partial charge is 0.508 e. The number of primary amides is 1. The van der Waals surface area contributed by atoms with Gasteiger partial charge >= 0.3 is 0 Å². The number of rotatable bonds is 10. The Kier molecular flexibility index (Phi) is 8.52. The first-order valence-electron chi connectivity index (χ1n) is 12.0. The second-order valence-electron chi connectivity index (χ2n) is 8.73. The number of methoxy groups -OCH3 is 2. The number of amides is 3. The second kappa shape index (κ2) is 12.0. The summed E-state index contributed by atoms with van der Waals surface area (Å²) in [5.41, 5.74) is 11.7. The van der Waals surface area contributed by atoms with Gasteiger partial charge in [-0.1, -0.05) is 12.1 Å². The van der Waals surface area contributed by atoms with E-state index in [4.69, 9.17) is 25.7 Å². The van der Waals surface area contributed by atoms with Crippen LogP contribution in [0.1, 0.15) is 44.6 Å². The number of phenolic OH excluding ortho intramolecular Hbond substituents is 1. The molecule has 2 heterocycles. The summed E-state index contributed by atoms with van der Waals surface area (Å²) in [7, 11) is 2.92. The third kappa shape index (κ3) is 5.89. The zero-order valence-corrected chi connectivity index (χ0v) is 22.2. The Morgan fingerprint density at radius 3 is 2.49 bits per heavy atom. The number of aromatic nitrogens is 1. The number of hydrogen-bond donors (Lipinski definition) is 4. The summed E-state index contributed by atoms with van der Waals surface area (Å²) in [6.07, 6.45) is 1.55. The van der Waals surface area contributed by atoms with Crippen LogP contribution in [0.25, 0.3) is 0 Å². The van der Waals surface area contributed by atoms with Crippen molar-refractivity contribution in [1.82, 2.24) is 9.69 Å². The average molecular weight is 556 g/mol. The minimum absolute atomic E-state index is 0.0148. The van der Waals surface area contributed by atoms with Crippen LogP contribution in [-0.4, -0.2) is 60.7 Å². The molecule has 2 unspecified atom stereocenters. The Morgan fingerprint density at radius 1 is 1.18 bits per heavy atom. The van der Waals surface area contributed by atoms with Crippen molar-refractivity contribution in [1.29, 1.82) is 0 Å². The molecule has 1 saturated heterocycles. The van der Waals surface area contributed by atoms with E-state index in [0.717, 1.165) is 12.8 Å². The molecule has 39 heavy (non-hydrogen) atoms. The Labute approximate surface area is 228 Å². The predicted octanol–water partition coefficient (Wildman–Crippen LogP) is 2.23. The fourth-order valence-electron chi connectivity index (χ4n) is 4.29. The first-order chi connectivity index (χ1) is 18.7. The third-order valence-electron chi connectivity index (χ3n) is 6.26. The lowest BCUT2D eigenvalue weighted by Gasteiger charge is -2.32. The lowest BCUT2D eigenvalue weighted by molar-refractivity contribution is -0.123. The van der Waals surface area contributed by atoms with Crippen molar-refractivity contribution in [2.75, 3.05) is 38.0 Å². The molecular formula is C26H29N5O7S. The van der Waals surface area contributed by atoms with Crippen LogP contribution in [0.15, 0.2) is 42.5 Å². The number of carbonyl (C=O) groups is 3. The van der Waals surface area contributed by atoms with Gasteiger partial charge in [-0.25, -0.2) is 0 Å². The molecule has 3 aromatic rings. The van der Waals surface area contributed by atoms with Crippen molar-refractivity contribution < 1.29 is 33.7 Å². The van der Waals surface area contributed by atoms with Gasteiger partial charge < -0.3 is 36.1 Å². The number of nitrogen functional groups attached to an aromatic ring is 1. The van der Waals surface area contributed by atoms with Crippen molar-refractivity contribution >= 4 is 40.6 Å². The molecule has 206 valence electrons. The second-order valence-corrected chi connectivity index (χ2v) is 9.50. The molecule has 1 aliphatic rings. The fraction of sp³-hybridized carbons (Fsp3) is 0.308. The first kappa shape index (κ1) is 27.7. The SMILES string of the molecule is COc1ccc(N(C(=O)c2snc(C(N)=O)c2N)C(C(=O)NCC2CCCO2)c2ccc(O)cc2)cc1OC. The Bertz CT molecular complexity index is 1360. The minimum Gasteiger partial charge on any atom is -0.508 e. The monoisotopic (exact) mass is 555 g/mol. The van der Waals surface area contributed by atoms with E-state index in [9.17, 15) is 19.5 Å². The van der Waals surface area contributed by atoms with Crippen molar-refractivity contribution in [3.05, 3.63) is 58.6 Å². The number of hydrogen-bond acceptors (Lipinski definition) is 10. The molecule has 2 atom stereocenters. The van der Waals surface area contributed by atoms with Crippen LogP contribution in [0.3, 0.4) is 0 Å². The highest BCUT2D eigenvalue weighted by atomic mass is 32.1. The topological polar surface area (TPSA) is 179 Å². The van der Waals surface area contributed by atoms with Crippen LogP contribution < -0.4 is 31.2 Å². The van der Waals surface area contributed by atoms with Crippen molar-refractivity contribution in [2.24, 2.45) is 5.73 Å². The van der Waals surface area contributed by atoms with Gasteiger partial charge in [0.1, 0.15) is 16.7 Å². The number of anilines is 2. The summed E-state index contributed by atoms with van der Waals surface area (Å²) in [5.74, 6) is -1.38. The summed E-state index contributed by atoms with van der Waals surface area (Å²) in [6, 6.07) is 9.41. The number of benzene rings is 2. The number of nitrogens with zero attached hydrogens (tertiary/aromatic N) is 2. The van der Waals surface area contributed by atoms with E-state index >= 15 is 0 Å². The minimum atomic E-state index is -1.23. The molecule has 0 aliphatic carbocycles. The molecule has 0 spiro atoms. The maximum absolute atomic E-state index is 14.1. The summed E-state index contributed by atoms with van der Waals surface area (Å²) in [6.45, 7) is 0.862. The van der Waals surface area contributed by atoms with Gasteiger partial charge in [0.15, 0.2) is 17.2 Å². The Morgan fingerprint density at radius 2 is 1.90 bits per heavy atom. The Hall–Kier alpha value is -4.36. The summed E-state index contributed by atoms with van der Waals surface area (Å²) in [5, 5.41) is 12.8. The molecule has 1 aromatic heterocycles. The summed E-state index contributed by atoms with van der Waals surface area (Å²) in [4.78, 5) is 40.9. The van der Waals surface area contributed by atoms with Gasteiger partial charge in [0.05, 0.1) is 26.0 Å². The van der Waals surface area contributed by atoms with Gasteiger partial charge in [0, 0.05) is 24.9 Å². The van der Waals surface area contributed by atoms with Crippen LogP contribution in [0.5, 0.6) is 17.2 Å². The lowest BCUT2D eigenvalue weighted by Crippen LogP contribution is -2.45. The van der Waals surface area contributed by atoms with Crippen molar-refractivity contribution in [2.45, 2.75) is 25.0 Å². The molecule has 0 radical (unpaired) electrons. The fourth-order valence-corrected chi connectivity index (χ4v) is 5.03. The molecule has 0 bridgehead atoms. The maximum Gasteiger partial charge on any atom is 0.273 e. The smallest absolute Gasteiger partial charge is 0.273 e. The molecular weight excluding hydrogens is 526 g/mol. The van der Waals surface area contributed by atoms with Gasteiger partial charge in [-0.2, -0.15) is 4.37 Å². The van der Waals surface area contributed by atoms with Gasteiger partial charge in [-0.15, -0.1) is 0 Å². The quantitative estimate of drug-likeness (QED) is 0.292. The molecule has 1 fully saturated rings. The van der Waals surface area contributed by atoms with Gasteiger partial charge in [-0.3, -0.25) is 19.3 Å². The highest BCUT2D eigenvalue weighted by molar-refractivity contribution is 7.09. The molecule has 6 N–H and O–H groups in total. The van der Waals surface area contributed by atoms with E-state index in [-0.39, 0.29) is 40.3 Å². The van der Waals surface area contributed by atoms with Crippen molar-refractivity contribution in [3.8, 4) is 17.2 Å². The number of nitrogens with two attached hydrogens (primary N) is 2. The zero-order valence-electron chi connectivity index (χ0n) is 21.4. The summed E-state index contributed by atoms with van der Waals surface area (Å²) < 4.78 is 20.4. The highest BCUT2D eigenvalue weighted by Crippen LogP contribution is 2.38.